The largest absolute Gasteiger partial charge is 0.481 e. The number of fused-ring (bicyclic) bond motifs is 1. The number of carboxylic acid groups (broad SMARTS) is 1. The molecule has 0 unspecified atom stereocenters. The normalized spacial score (nSPS) is 15.6. The first-order valence-corrected chi connectivity index (χ1v) is 15.1. The Morgan fingerprint density at radius 1 is 1.07 bits per heavy atom. The number of amides is 1. The zero-order valence-corrected chi connectivity index (χ0v) is 26.0. The highest BCUT2D eigenvalue weighted by atomic mass is 35.5. The van der Waals surface area contributed by atoms with E-state index in [-0.39, 0.29) is 50.2 Å². The van der Waals surface area contributed by atoms with Crippen LogP contribution in [0.25, 0.3) is 17.0 Å². The Bertz CT molecular complexity index is 1520. The summed E-state index contributed by atoms with van der Waals surface area (Å²) < 4.78 is 9.06. The second-order valence-electron chi connectivity index (χ2n) is 11.9. The Morgan fingerprint density at radius 3 is 2.44 bits per heavy atom. The van der Waals surface area contributed by atoms with Gasteiger partial charge in [-0.2, -0.15) is 0 Å². The summed E-state index contributed by atoms with van der Waals surface area (Å²) in [5.41, 5.74) is 0.427. The molecule has 1 N–H and O–H groups in total. The van der Waals surface area contributed by atoms with Crippen LogP contribution >= 0.6 is 11.6 Å². The third kappa shape index (κ3) is 7.95. The minimum absolute atomic E-state index is 0.0298. The van der Waals surface area contributed by atoms with Gasteiger partial charge in [0.2, 0.25) is 5.78 Å². The molecule has 1 atom stereocenters. The van der Waals surface area contributed by atoms with Crippen LogP contribution in [0.1, 0.15) is 66.2 Å². The standard InChI is InChI=1S/C31H40ClN5O6/c1-5-6-7-15-36-26(18-27(39)37-19-23(33-29(36)37)21-11-13-22(32)14-12-21)35-17-16-34(30(42)43-31(2,3)4)20-24(35)25(38)9-8-10-28(40)41/h11-14,18-19,24H,5-10,15-17,20H2,1-4H3,(H,40,41)/t24-/m0/s1. The number of hydrogen-bond donors (Lipinski definition) is 1. The van der Waals surface area contributed by atoms with Crippen LogP contribution in [0.15, 0.2) is 41.3 Å². The van der Waals surface area contributed by atoms with Crippen molar-refractivity contribution in [3.8, 4) is 11.3 Å². The summed E-state index contributed by atoms with van der Waals surface area (Å²) >= 11 is 6.08. The quantitative estimate of drug-likeness (QED) is 0.290. The van der Waals surface area contributed by atoms with Crippen molar-refractivity contribution < 1.29 is 24.2 Å². The number of Topliss-reactive ketones (excluding diaryl/α,β-unsaturated/α-hetero) is 1. The third-order valence-electron chi connectivity index (χ3n) is 7.33. The van der Waals surface area contributed by atoms with Crippen molar-refractivity contribution in [1.82, 2.24) is 18.9 Å². The van der Waals surface area contributed by atoms with Crippen LogP contribution in [0.4, 0.5) is 10.6 Å². The van der Waals surface area contributed by atoms with Gasteiger partial charge >= 0.3 is 12.1 Å². The lowest BCUT2D eigenvalue weighted by Crippen LogP contribution is -2.59. The molecular formula is C31H40ClN5O6. The molecule has 11 nitrogen and oxygen atoms in total. The zero-order valence-electron chi connectivity index (χ0n) is 25.2. The maximum absolute atomic E-state index is 13.6. The van der Waals surface area contributed by atoms with E-state index in [2.05, 4.69) is 6.92 Å². The fourth-order valence-electron chi connectivity index (χ4n) is 5.22. The van der Waals surface area contributed by atoms with Gasteiger partial charge in [0.15, 0.2) is 5.78 Å². The average Bonchev–Trinajstić information content (AvgIpc) is 3.39. The summed E-state index contributed by atoms with van der Waals surface area (Å²) in [4.78, 5) is 59.5. The number of anilines is 1. The van der Waals surface area contributed by atoms with E-state index in [0.717, 1.165) is 24.8 Å². The zero-order chi connectivity index (χ0) is 31.3. The fourth-order valence-corrected chi connectivity index (χ4v) is 5.35. The molecule has 3 heterocycles. The Hall–Kier alpha value is -3.86. The van der Waals surface area contributed by atoms with Crippen molar-refractivity contribution in [3.63, 3.8) is 0 Å². The van der Waals surface area contributed by atoms with E-state index < -0.39 is 23.7 Å². The first-order chi connectivity index (χ1) is 20.4. The maximum atomic E-state index is 13.6. The number of carbonyl (C=O) groups is 3. The lowest BCUT2D eigenvalue weighted by Gasteiger charge is -2.42. The van der Waals surface area contributed by atoms with E-state index >= 15 is 0 Å². The fraction of sp³-hybridized carbons (Fsp3) is 0.516. The molecule has 0 radical (unpaired) electrons. The molecule has 1 saturated heterocycles. The van der Waals surface area contributed by atoms with Gasteiger partial charge in [-0.05, 0) is 45.7 Å². The number of aryl methyl sites for hydroxylation is 1. The number of halogens is 1. The molecule has 0 spiro atoms. The SMILES string of the molecule is CCCCCn1c(N2CCN(C(=O)OC(C)(C)C)C[C@H]2C(=O)CCCC(=O)O)cc(=O)n2cc(-c3ccc(Cl)cc3)nc12. The van der Waals surface area contributed by atoms with Gasteiger partial charge in [-0.25, -0.2) is 9.78 Å². The highest BCUT2D eigenvalue weighted by Gasteiger charge is 2.37. The molecule has 2 aromatic heterocycles. The van der Waals surface area contributed by atoms with E-state index in [0.29, 0.717) is 28.9 Å². The number of benzene rings is 1. The number of nitrogens with zero attached hydrogens (tertiary/aromatic N) is 5. The maximum Gasteiger partial charge on any atom is 0.410 e. The Balaban J connectivity index is 1.77. The van der Waals surface area contributed by atoms with Crippen molar-refractivity contribution in [1.29, 1.82) is 0 Å². The lowest BCUT2D eigenvalue weighted by molar-refractivity contribution is -0.137. The van der Waals surface area contributed by atoms with Crippen LogP contribution in [-0.2, 0) is 20.9 Å². The molecule has 12 heteroatoms. The van der Waals surface area contributed by atoms with Crippen molar-refractivity contribution in [3.05, 3.63) is 51.9 Å². The second kappa shape index (κ2) is 13.6. The highest BCUT2D eigenvalue weighted by Crippen LogP contribution is 2.27. The van der Waals surface area contributed by atoms with Gasteiger partial charge in [-0.1, -0.05) is 43.5 Å². The van der Waals surface area contributed by atoms with Crippen LogP contribution in [-0.4, -0.2) is 73.1 Å². The van der Waals surface area contributed by atoms with Crippen LogP contribution < -0.4 is 10.5 Å². The summed E-state index contributed by atoms with van der Waals surface area (Å²) in [6, 6.07) is 7.96. The lowest BCUT2D eigenvalue weighted by atomic mass is 10.0. The molecule has 4 rings (SSSR count). The predicted octanol–water partition coefficient (Wildman–Crippen LogP) is 5.26. The van der Waals surface area contributed by atoms with Crippen molar-refractivity contribution in [2.45, 2.75) is 84.4 Å². The molecule has 0 aliphatic carbocycles. The first kappa shape index (κ1) is 32.1. The van der Waals surface area contributed by atoms with Crippen molar-refractivity contribution in [2.24, 2.45) is 0 Å². The highest BCUT2D eigenvalue weighted by molar-refractivity contribution is 6.30. The molecule has 43 heavy (non-hydrogen) atoms. The molecular weight excluding hydrogens is 574 g/mol. The van der Waals surface area contributed by atoms with E-state index in [4.69, 9.17) is 26.4 Å². The number of hydrogen-bond acceptors (Lipinski definition) is 7. The van der Waals surface area contributed by atoms with E-state index in [9.17, 15) is 19.2 Å². The molecule has 1 amide bonds. The van der Waals surface area contributed by atoms with E-state index in [1.807, 2.05) is 21.6 Å². The number of aromatic nitrogens is 3. The number of piperazine rings is 1. The molecule has 3 aromatic rings. The number of aliphatic carboxylic acids is 1. The number of ketones is 1. The average molecular weight is 614 g/mol. The minimum Gasteiger partial charge on any atom is -0.481 e. The Labute approximate surface area is 256 Å². The van der Waals surface area contributed by atoms with Gasteiger partial charge < -0.3 is 19.6 Å². The Morgan fingerprint density at radius 2 is 1.79 bits per heavy atom. The van der Waals surface area contributed by atoms with Gasteiger partial charge in [-0.15, -0.1) is 0 Å². The number of unbranched alkanes of at least 4 members (excludes halogenated alkanes) is 2. The molecule has 1 aliphatic heterocycles. The van der Waals surface area contributed by atoms with Gasteiger partial charge in [-0.3, -0.25) is 23.4 Å². The van der Waals surface area contributed by atoms with Gasteiger partial charge in [0.1, 0.15) is 17.5 Å². The van der Waals surface area contributed by atoms with Crippen LogP contribution in [0, 0.1) is 0 Å². The first-order valence-electron chi connectivity index (χ1n) is 14.8. The van der Waals surface area contributed by atoms with Gasteiger partial charge in [0.05, 0.1) is 12.2 Å². The van der Waals surface area contributed by atoms with Crippen LogP contribution in [0.2, 0.25) is 5.02 Å². The smallest absolute Gasteiger partial charge is 0.410 e. The number of carboxylic acids is 1. The third-order valence-corrected chi connectivity index (χ3v) is 7.58. The van der Waals surface area contributed by atoms with Gasteiger partial charge in [0.25, 0.3) is 5.56 Å². The molecule has 0 bridgehead atoms. The monoisotopic (exact) mass is 613 g/mol. The minimum atomic E-state index is -0.977. The van der Waals surface area contributed by atoms with Gasteiger partial charge in [0, 0.05) is 55.3 Å². The summed E-state index contributed by atoms with van der Waals surface area (Å²) in [5.74, 6) is -0.181. The van der Waals surface area contributed by atoms with Crippen LogP contribution in [0.3, 0.4) is 0 Å². The predicted molar refractivity (Wildman–Crippen MR) is 165 cm³/mol. The summed E-state index contributed by atoms with van der Waals surface area (Å²) in [5, 5.41) is 9.71. The Kier molecular flexibility index (Phi) is 10.2. The molecule has 1 aliphatic rings. The number of rotatable bonds is 11. The molecule has 0 saturated carbocycles. The number of carbonyl (C=O) groups excluding carboxylic acids is 2. The number of ether oxygens (including phenoxy) is 1. The summed E-state index contributed by atoms with van der Waals surface area (Å²) in [6.07, 6.45) is 4.05. The molecule has 232 valence electrons. The summed E-state index contributed by atoms with van der Waals surface area (Å²) in [6.45, 7) is 8.64. The van der Waals surface area contributed by atoms with Crippen LogP contribution in [0.5, 0.6) is 0 Å². The van der Waals surface area contributed by atoms with Crippen molar-refractivity contribution in [2.75, 3.05) is 24.5 Å². The summed E-state index contributed by atoms with van der Waals surface area (Å²) in [7, 11) is 0. The molecule has 1 fully saturated rings. The molecule has 1 aromatic carbocycles. The van der Waals surface area contributed by atoms with E-state index in [1.54, 1.807) is 39.1 Å². The van der Waals surface area contributed by atoms with Crippen molar-refractivity contribution >= 4 is 41.0 Å². The second-order valence-corrected chi connectivity index (χ2v) is 12.3. The van der Waals surface area contributed by atoms with E-state index in [1.165, 1.54) is 15.4 Å². The number of imidazole rings is 1. The topological polar surface area (TPSA) is 126 Å².